The normalized spacial score (nSPS) is 10.4. The molecule has 0 aliphatic heterocycles. The van der Waals surface area contributed by atoms with Crippen LogP contribution >= 0.6 is 43.5 Å². The van der Waals surface area contributed by atoms with E-state index in [0.29, 0.717) is 11.6 Å². The lowest BCUT2D eigenvalue weighted by molar-refractivity contribution is 0.441. The molecule has 5 heteroatoms. The average molecular weight is 394 g/mol. The van der Waals surface area contributed by atoms with Crippen molar-refractivity contribution in [1.29, 1.82) is 0 Å². The molecule has 0 bridgehead atoms. The van der Waals surface area contributed by atoms with Crippen molar-refractivity contribution in [2.75, 3.05) is 0 Å². The van der Waals surface area contributed by atoms with Crippen molar-refractivity contribution in [3.63, 3.8) is 0 Å². The van der Waals surface area contributed by atoms with Crippen LogP contribution in [-0.2, 0) is 5.88 Å². The maximum Gasteiger partial charge on any atom is 0.165 e. The average Bonchev–Trinajstić information content (AvgIpc) is 2.34. The Kier molecular flexibility index (Phi) is 4.65. The summed E-state index contributed by atoms with van der Waals surface area (Å²) in [5.74, 6) is 0.727. The molecule has 2 aromatic carbocycles. The van der Waals surface area contributed by atoms with Crippen molar-refractivity contribution >= 4 is 43.5 Å². The van der Waals surface area contributed by atoms with Crippen LogP contribution in [-0.4, -0.2) is 0 Å². The molecule has 18 heavy (non-hydrogen) atoms. The predicted molar refractivity (Wildman–Crippen MR) is 77.9 cm³/mol. The summed E-state index contributed by atoms with van der Waals surface area (Å²) in [5, 5.41) is 0. The Morgan fingerprint density at radius 3 is 2.56 bits per heavy atom. The summed E-state index contributed by atoms with van der Waals surface area (Å²) in [7, 11) is 0. The molecule has 0 saturated heterocycles. The Morgan fingerprint density at radius 2 is 1.89 bits per heavy atom. The fraction of sp³-hybridized carbons (Fsp3) is 0.0769. The number of halogens is 4. The molecule has 0 unspecified atom stereocenters. The summed E-state index contributed by atoms with van der Waals surface area (Å²) in [6.45, 7) is 0. The molecule has 0 radical (unpaired) electrons. The van der Waals surface area contributed by atoms with Crippen LogP contribution in [0.4, 0.5) is 4.39 Å². The summed E-state index contributed by atoms with van der Waals surface area (Å²) in [5.41, 5.74) is 0.957. The van der Waals surface area contributed by atoms with Crippen molar-refractivity contribution < 1.29 is 9.13 Å². The number of benzene rings is 2. The van der Waals surface area contributed by atoms with Gasteiger partial charge in [-0.2, -0.15) is 0 Å². The number of ether oxygens (including phenoxy) is 1. The fourth-order valence-corrected chi connectivity index (χ4v) is 2.61. The van der Waals surface area contributed by atoms with E-state index in [1.807, 2.05) is 6.07 Å². The maximum atomic E-state index is 13.5. The molecule has 94 valence electrons. The van der Waals surface area contributed by atoms with Crippen LogP contribution in [0, 0.1) is 5.82 Å². The SMILES string of the molecule is Fc1ccc(Br)cc1Oc1ccc(CCl)c(Br)c1. The Balaban J connectivity index is 2.28. The van der Waals surface area contributed by atoms with Crippen molar-refractivity contribution in [1.82, 2.24) is 0 Å². The van der Waals surface area contributed by atoms with Crippen LogP contribution < -0.4 is 4.74 Å². The molecule has 0 aromatic heterocycles. The molecule has 2 rings (SSSR count). The van der Waals surface area contributed by atoms with Gasteiger partial charge in [0.05, 0.1) is 0 Å². The van der Waals surface area contributed by atoms with Gasteiger partial charge < -0.3 is 4.74 Å². The minimum Gasteiger partial charge on any atom is -0.454 e. The van der Waals surface area contributed by atoms with Crippen LogP contribution in [0.2, 0.25) is 0 Å². The van der Waals surface area contributed by atoms with Crippen LogP contribution in [0.15, 0.2) is 45.3 Å². The highest BCUT2D eigenvalue weighted by atomic mass is 79.9. The van der Waals surface area contributed by atoms with E-state index in [1.165, 1.54) is 6.07 Å². The van der Waals surface area contributed by atoms with Gasteiger partial charge in [0.15, 0.2) is 11.6 Å². The van der Waals surface area contributed by atoms with Crippen LogP contribution in [0.5, 0.6) is 11.5 Å². The third kappa shape index (κ3) is 3.25. The van der Waals surface area contributed by atoms with Crippen molar-refractivity contribution in [2.24, 2.45) is 0 Å². The number of rotatable bonds is 3. The first kappa shape index (κ1) is 13.8. The molecule has 0 fully saturated rings. The van der Waals surface area contributed by atoms with Gasteiger partial charge in [0, 0.05) is 14.8 Å². The zero-order chi connectivity index (χ0) is 13.1. The smallest absolute Gasteiger partial charge is 0.165 e. The first-order valence-corrected chi connectivity index (χ1v) is 7.19. The Morgan fingerprint density at radius 1 is 1.11 bits per heavy atom. The zero-order valence-electron chi connectivity index (χ0n) is 9.09. The zero-order valence-corrected chi connectivity index (χ0v) is 13.0. The molecule has 0 atom stereocenters. The van der Waals surface area contributed by atoms with Crippen LogP contribution in [0.25, 0.3) is 0 Å². The van der Waals surface area contributed by atoms with Gasteiger partial charge in [0.1, 0.15) is 5.75 Å². The highest BCUT2D eigenvalue weighted by Gasteiger charge is 2.07. The molecule has 2 aromatic rings. The van der Waals surface area contributed by atoms with Gasteiger partial charge in [-0.1, -0.05) is 37.9 Å². The van der Waals surface area contributed by atoms with Crippen molar-refractivity contribution in [2.45, 2.75) is 5.88 Å². The van der Waals surface area contributed by atoms with E-state index >= 15 is 0 Å². The Hall–Kier alpha value is -0.580. The molecule has 0 heterocycles. The van der Waals surface area contributed by atoms with E-state index in [1.54, 1.807) is 24.3 Å². The van der Waals surface area contributed by atoms with Gasteiger partial charge in [0.25, 0.3) is 0 Å². The Bertz CT molecular complexity index is 575. The summed E-state index contributed by atoms with van der Waals surface area (Å²) < 4.78 is 20.6. The summed E-state index contributed by atoms with van der Waals surface area (Å²) >= 11 is 12.4. The predicted octanol–water partition coefficient (Wildman–Crippen LogP) is 5.88. The lowest BCUT2D eigenvalue weighted by atomic mass is 10.2. The van der Waals surface area contributed by atoms with Gasteiger partial charge in [0.2, 0.25) is 0 Å². The number of hydrogen-bond acceptors (Lipinski definition) is 1. The number of alkyl halides is 1. The molecule has 0 N–H and O–H groups in total. The van der Waals surface area contributed by atoms with Gasteiger partial charge in [-0.05, 0) is 35.9 Å². The monoisotopic (exact) mass is 392 g/mol. The largest absolute Gasteiger partial charge is 0.454 e. The number of hydrogen-bond donors (Lipinski definition) is 0. The quantitative estimate of drug-likeness (QED) is 0.591. The second-order valence-corrected chi connectivity index (χ2v) is 5.60. The third-order valence-corrected chi connectivity index (χ3v) is 3.81. The minimum absolute atomic E-state index is 0.176. The first-order valence-electron chi connectivity index (χ1n) is 5.07. The second kappa shape index (κ2) is 6.04. The van der Waals surface area contributed by atoms with Gasteiger partial charge >= 0.3 is 0 Å². The van der Waals surface area contributed by atoms with Gasteiger partial charge in [-0.25, -0.2) is 4.39 Å². The summed E-state index contributed by atoms with van der Waals surface area (Å²) in [4.78, 5) is 0. The molecule has 1 nitrogen and oxygen atoms in total. The highest BCUT2D eigenvalue weighted by Crippen LogP contribution is 2.30. The topological polar surface area (TPSA) is 9.23 Å². The highest BCUT2D eigenvalue weighted by molar-refractivity contribution is 9.10. The lowest BCUT2D eigenvalue weighted by Crippen LogP contribution is -1.89. The maximum absolute atomic E-state index is 13.5. The van der Waals surface area contributed by atoms with E-state index in [2.05, 4.69) is 31.9 Å². The second-order valence-electron chi connectivity index (χ2n) is 3.56. The van der Waals surface area contributed by atoms with E-state index in [9.17, 15) is 4.39 Å². The van der Waals surface area contributed by atoms with Gasteiger partial charge in [-0.3, -0.25) is 0 Å². The summed E-state index contributed by atoms with van der Waals surface area (Å²) in [6, 6.07) is 9.90. The first-order chi connectivity index (χ1) is 8.60. The van der Waals surface area contributed by atoms with E-state index in [0.717, 1.165) is 14.5 Å². The fourth-order valence-electron chi connectivity index (χ4n) is 1.38. The lowest BCUT2D eigenvalue weighted by Gasteiger charge is -2.09. The molecule has 0 amide bonds. The van der Waals surface area contributed by atoms with Crippen molar-refractivity contribution in [3.8, 4) is 11.5 Å². The van der Waals surface area contributed by atoms with Crippen LogP contribution in [0.3, 0.4) is 0 Å². The third-order valence-electron chi connectivity index (χ3n) is 2.29. The molecular formula is C13H8Br2ClFO. The molecule has 0 saturated carbocycles. The minimum atomic E-state index is -0.407. The van der Waals surface area contributed by atoms with E-state index in [-0.39, 0.29) is 5.75 Å². The summed E-state index contributed by atoms with van der Waals surface area (Å²) in [6.07, 6.45) is 0. The molecule has 0 aliphatic rings. The molecule has 0 aliphatic carbocycles. The van der Waals surface area contributed by atoms with Gasteiger partial charge in [-0.15, -0.1) is 11.6 Å². The van der Waals surface area contributed by atoms with E-state index in [4.69, 9.17) is 16.3 Å². The molecule has 0 spiro atoms. The Labute approximate surface area is 126 Å². The van der Waals surface area contributed by atoms with E-state index < -0.39 is 5.82 Å². The van der Waals surface area contributed by atoms with Crippen molar-refractivity contribution in [3.05, 3.63) is 56.7 Å². The standard InChI is InChI=1S/C13H8Br2ClFO/c14-9-2-4-12(17)13(5-9)18-10-3-1-8(7-16)11(15)6-10/h1-6H,7H2. The van der Waals surface area contributed by atoms with Crippen LogP contribution in [0.1, 0.15) is 5.56 Å². The molecular weight excluding hydrogens is 386 g/mol.